The number of anilines is 3. The molecule has 0 bridgehead atoms. The van der Waals surface area contributed by atoms with Gasteiger partial charge in [-0.1, -0.05) is 30.3 Å². The van der Waals surface area contributed by atoms with E-state index in [1.54, 1.807) is 12.1 Å². The molecule has 1 saturated heterocycles. The molecule has 176 valence electrons. The molecule has 0 spiro atoms. The summed E-state index contributed by atoms with van der Waals surface area (Å²) < 4.78 is 33.6. The molecule has 3 aromatic carbocycles. The van der Waals surface area contributed by atoms with Gasteiger partial charge >= 0.3 is 0 Å². The van der Waals surface area contributed by atoms with Gasteiger partial charge in [-0.25, -0.2) is 8.42 Å². The van der Waals surface area contributed by atoms with E-state index in [0.717, 1.165) is 48.6 Å². The van der Waals surface area contributed by atoms with Crippen LogP contribution in [0.5, 0.6) is 0 Å². The Labute approximate surface area is 200 Å². The average molecular weight is 478 g/mol. The van der Waals surface area contributed by atoms with Gasteiger partial charge in [0, 0.05) is 25.2 Å². The van der Waals surface area contributed by atoms with Crippen LogP contribution in [0, 0.1) is 0 Å². The van der Waals surface area contributed by atoms with Gasteiger partial charge in [-0.2, -0.15) is 0 Å². The van der Waals surface area contributed by atoms with Crippen LogP contribution in [0.1, 0.15) is 22.3 Å². The molecule has 0 aromatic heterocycles. The largest absolute Gasteiger partial charge is 0.378 e. The summed E-state index contributed by atoms with van der Waals surface area (Å²) in [6.07, 6.45) is 1.65. The highest BCUT2D eigenvalue weighted by Gasteiger charge is 2.29. The predicted octanol–water partition coefficient (Wildman–Crippen LogP) is 3.92. The maximum absolute atomic E-state index is 13.4. The summed E-state index contributed by atoms with van der Waals surface area (Å²) >= 11 is 0. The third-order valence-corrected chi connectivity index (χ3v) is 8.10. The molecule has 2 aliphatic rings. The zero-order valence-corrected chi connectivity index (χ0v) is 19.6. The van der Waals surface area contributed by atoms with Crippen LogP contribution in [-0.2, 0) is 21.2 Å². The minimum Gasteiger partial charge on any atom is -0.378 e. The van der Waals surface area contributed by atoms with Crippen molar-refractivity contribution >= 4 is 33.0 Å². The van der Waals surface area contributed by atoms with Crippen molar-refractivity contribution in [1.29, 1.82) is 0 Å². The molecule has 0 aliphatic carbocycles. The zero-order valence-electron chi connectivity index (χ0n) is 18.8. The van der Waals surface area contributed by atoms with Crippen molar-refractivity contribution in [2.24, 2.45) is 0 Å². The number of rotatable bonds is 5. The summed E-state index contributed by atoms with van der Waals surface area (Å²) in [6.45, 7) is 3.28. The number of aryl methyl sites for hydroxylation is 1. The maximum Gasteiger partial charge on any atom is 0.264 e. The van der Waals surface area contributed by atoms with Crippen molar-refractivity contribution in [3.8, 4) is 0 Å². The molecule has 0 saturated carbocycles. The van der Waals surface area contributed by atoms with Crippen LogP contribution >= 0.6 is 0 Å². The molecule has 2 aliphatic heterocycles. The number of hydrogen-bond donors (Lipinski definition) is 1. The minimum absolute atomic E-state index is 0.175. The van der Waals surface area contributed by atoms with Crippen molar-refractivity contribution in [2.75, 3.05) is 47.4 Å². The first kappa shape index (κ1) is 22.4. The van der Waals surface area contributed by atoms with Gasteiger partial charge in [-0.15, -0.1) is 0 Å². The summed E-state index contributed by atoms with van der Waals surface area (Å²) in [5.41, 5.74) is 3.83. The van der Waals surface area contributed by atoms with Gasteiger partial charge in [-0.05, 0) is 60.9 Å². The summed E-state index contributed by atoms with van der Waals surface area (Å²) in [5, 5.41) is 2.98. The number of hydrogen-bond acceptors (Lipinski definition) is 5. The number of benzene rings is 3. The Hall–Kier alpha value is -3.36. The molecule has 0 atom stereocenters. The predicted molar refractivity (Wildman–Crippen MR) is 133 cm³/mol. The van der Waals surface area contributed by atoms with Crippen molar-refractivity contribution in [2.45, 2.75) is 17.7 Å². The Balaban J connectivity index is 1.35. The lowest BCUT2D eigenvalue weighted by Crippen LogP contribution is -2.36. The highest BCUT2D eigenvalue weighted by Crippen LogP contribution is 2.32. The molecule has 8 heteroatoms. The second-order valence-corrected chi connectivity index (χ2v) is 10.3. The molecular formula is C26H27N3O4S. The van der Waals surface area contributed by atoms with E-state index in [1.807, 2.05) is 48.5 Å². The number of morpholine rings is 1. The SMILES string of the molecule is O=C(Nc1ccccc1N1CCOCC1)c1ccc(S(=O)(=O)N2CCCc3ccccc32)cc1. The summed E-state index contributed by atoms with van der Waals surface area (Å²) in [6, 6.07) is 21.4. The molecule has 2 heterocycles. The number of para-hydroxylation sites is 3. The van der Waals surface area contributed by atoms with Gasteiger partial charge in [-0.3, -0.25) is 9.10 Å². The van der Waals surface area contributed by atoms with E-state index in [9.17, 15) is 13.2 Å². The van der Waals surface area contributed by atoms with E-state index in [1.165, 1.54) is 16.4 Å². The summed E-state index contributed by atoms with van der Waals surface area (Å²) in [7, 11) is -3.71. The molecule has 0 radical (unpaired) electrons. The first-order valence-electron chi connectivity index (χ1n) is 11.5. The smallest absolute Gasteiger partial charge is 0.264 e. The average Bonchev–Trinajstić information content (AvgIpc) is 2.89. The highest BCUT2D eigenvalue weighted by molar-refractivity contribution is 7.92. The molecular weight excluding hydrogens is 450 g/mol. The topological polar surface area (TPSA) is 79.0 Å². The number of carbonyl (C=O) groups excluding carboxylic acids is 1. The zero-order chi connectivity index (χ0) is 23.5. The van der Waals surface area contributed by atoms with Crippen LogP contribution in [0.4, 0.5) is 17.1 Å². The molecule has 34 heavy (non-hydrogen) atoms. The number of ether oxygens (including phenoxy) is 1. The van der Waals surface area contributed by atoms with Gasteiger partial charge in [0.2, 0.25) is 0 Å². The second kappa shape index (κ2) is 9.48. The van der Waals surface area contributed by atoms with Gasteiger partial charge < -0.3 is 15.0 Å². The molecule has 3 aromatic rings. The van der Waals surface area contributed by atoms with Crippen LogP contribution in [-0.4, -0.2) is 47.2 Å². The lowest BCUT2D eigenvalue weighted by Gasteiger charge is -2.30. The number of nitrogens with zero attached hydrogens (tertiary/aromatic N) is 2. The van der Waals surface area contributed by atoms with Crippen LogP contribution < -0.4 is 14.5 Å². The Bertz CT molecular complexity index is 1290. The fourth-order valence-corrected chi connectivity index (χ4v) is 6.05. The van der Waals surface area contributed by atoms with E-state index in [0.29, 0.717) is 25.3 Å². The lowest BCUT2D eigenvalue weighted by atomic mass is 10.0. The fourth-order valence-electron chi connectivity index (χ4n) is 4.51. The highest BCUT2D eigenvalue weighted by atomic mass is 32.2. The molecule has 1 amide bonds. The molecule has 1 N–H and O–H groups in total. The number of carbonyl (C=O) groups is 1. The van der Waals surface area contributed by atoms with E-state index < -0.39 is 10.0 Å². The number of amides is 1. The van der Waals surface area contributed by atoms with Crippen LogP contribution in [0.15, 0.2) is 77.7 Å². The summed E-state index contributed by atoms with van der Waals surface area (Å²) in [5.74, 6) is -0.284. The number of sulfonamides is 1. The van der Waals surface area contributed by atoms with Gasteiger partial charge in [0.15, 0.2) is 0 Å². The van der Waals surface area contributed by atoms with E-state index in [-0.39, 0.29) is 10.8 Å². The van der Waals surface area contributed by atoms with Crippen LogP contribution in [0.25, 0.3) is 0 Å². The Kier molecular flexibility index (Phi) is 6.26. The van der Waals surface area contributed by atoms with Crippen molar-refractivity contribution < 1.29 is 17.9 Å². The van der Waals surface area contributed by atoms with Crippen molar-refractivity contribution in [1.82, 2.24) is 0 Å². The lowest BCUT2D eigenvalue weighted by molar-refractivity contribution is 0.102. The number of fused-ring (bicyclic) bond motifs is 1. The number of nitrogens with one attached hydrogen (secondary N) is 1. The quantitative estimate of drug-likeness (QED) is 0.603. The van der Waals surface area contributed by atoms with E-state index in [2.05, 4.69) is 10.2 Å². The fraction of sp³-hybridized carbons (Fsp3) is 0.269. The van der Waals surface area contributed by atoms with Gasteiger partial charge in [0.25, 0.3) is 15.9 Å². The maximum atomic E-state index is 13.4. The molecule has 0 unspecified atom stereocenters. The van der Waals surface area contributed by atoms with Gasteiger partial charge in [0.1, 0.15) is 0 Å². The van der Waals surface area contributed by atoms with E-state index >= 15 is 0 Å². The monoisotopic (exact) mass is 477 g/mol. The van der Waals surface area contributed by atoms with Crippen LogP contribution in [0.2, 0.25) is 0 Å². The first-order valence-corrected chi connectivity index (χ1v) is 12.9. The Morgan fingerprint density at radius 1 is 0.824 bits per heavy atom. The Morgan fingerprint density at radius 2 is 1.50 bits per heavy atom. The third-order valence-electron chi connectivity index (χ3n) is 6.28. The van der Waals surface area contributed by atoms with Crippen molar-refractivity contribution in [3.05, 3.63) is 83.9 Å². The summed E-state index contributed by atoms with van der Waals surface area (Å²) in [4.78, 5) is 15.3. The molecule has 5 rings (SSSR count). The van der Waals surface area contributed by atoms with E-state index in [4.69, 9.17) is 4.74 Å². The standard InChI is InChI=1S/C26H27N3O4S/c30-26(27-23-8-2-4-10-25(23)28-16-18-33-19-17-28)21-11-13-22(14-12-21)34(31,32)29-15-5-7-20-6-1-3-9-24(20)29/h1-4,6,8-14H,5,7,15-19H2,(H,27,30). The molecule has 1 fully saturated rings. The van der Waals surface area contributed by atoms with Crippen molar-refractivity contribution in [3.63, 3.8) is 0 Å². The molecule has 7 nitrogen and oxygen atoms in total. The first-order chi connectivity index (χ1) is 16.5. The van der Waals surface area contributed by atoms with Crippen LogP contribution in [0.3, 0.4) is 0 Å². The normalized spacial score (nSPS) is 16.1. The minimum atomic E-state index is -3.71. The van der Waals surface area contributed by atoms with Gasteiger partial charge in [0.05, 0.1) is 35.2 Å². The third kappa shape index (κ3) is 4.38. The Morgan fingerprint density at radius 3 is 2.26 bits per heavy atom. The second-order valence-electron chi connectivity index (χ2n) is 8.40.